The van der Waals surface area contributed by atoms with Crippen molar-refractivity contribution in [1.82, 2.24) is 10.2 Å². The molecular weight excluding hydrogens is 408 g/mol. The number of hydrogen-bond acceptors (Lipinski definition) is 3. The van der Waals surface area contributed by atoms with Crippen LogP contribution in [0.15, 0.2) is 21.1 Å². The third-order valence-corrected chi connectivity index (χ3v) is 4.52. The first-order chi connectivity index (χ1) is 10.5. The van der Waals surface area contributed by atoms with Crippen LogP contribution in [0.5, 0.6) is 5.75 Å². The topological polar surface area (TPSA) is 24.5 Å². The quantitative estimate of drug-likeness (QED) is 0.533. The zero-order chi connectivity index (χ0) is 16.5. The van der Waals surface area contributed by atoms with E-state index in [1.807, 2.05) is 6.07 Å². The summed E-state index contributed by atoms with van der Waals surface area (Å²) in [6, 6.07) is 4.15. The van der Waals surface area contributed by atoms with E-state index in [1.54, 1.807) is 0 Å². The van der Waals surface area contributed by atoms with Crippen molar-refractivity contribution >= 4 is 31.9 Å². The largest absolute Gasteiger partial charge is 0.489 e. The van der Waals surface area contributed by atoms with Crippen LogP contribution < -0.4 is 10.1 Å². The lowest BCUT2D eigenvalue weighted by molar-refractivity contribution is 0.237. The number of hydrogen-bond donors (Lipinski definition) is 1. The molecular formula is C17H28Br2N2O. The van der Waals surface area contributed by atoms with Crippen LogP contribution in [0.3, 0.4) is 0 Å². The van der Waals surface area contributed by atoms with Crippen LogP contribution in [-0.4, -0.2) is 37.2 Å². The number of rotatable bonds is 10. The first-order valence-corrected chi connectivity index (χ1v) is 9.64. The van der Waals surface area contributed by atoms with Crippen LogP contribution in [0.25, 0.3) is 0 Å². The predicted molar refractivity (Wildman–Crippen MR) is 102 cm³/mol. The fraction of sp³-hybridized carbons (Fsp3) is 0.647. The lowest BCUT2D eigenvalue weighted by atomic mass is 10.2. The van der Waals surface area contributed by atoms with Crippen molar-refractivity contribution in [1.29, 1.82) is 0 Å². The van der Waals surface area contributed by atoms with Gasteiger partial charge >= 0.3 is 0 Å². The maximum atomic E-state index is 5.95. The Morgan fingerprint density at radius 2 is 1.86 bits per heavy atom. The van der Waals surface area contributed by atoms with E-state index in [1.165, 1.54) is 5.56 Å². The minimum atomic E-state index is 0.166. The van der Waals surface area contributed by atoms with E-state index < -0.39 is 0 Å². The summed E-state index contributed by atoms with van der Waals surface area (Å²) in [5.41, 5.74) is 1.18. The molecule has 0 aliphatic rings. The van der Waals surface area contributed by atoms with Gasteiger partial charge in [0.15, 0.2) is 0 Å². The molecule has 1 N–H and O–H groups in total. The van der Waals surface area contributed by atoms with E-state index in [2.05, 4.69) is 75.8 Å². The molecule has 0 saturated carbocycles. The van der Waals surface area contributed by atoms with Gasteiger partial charge < -0.3 is 15.0 Å². The molecule has 1 rings (SSSR count). The minimum Gasteiger partial charge on any atom is -0.489 e. The maximum absolute atomic E-state index is 5.95. The van der Waals surface area contributed by atoms with Crippen LogP contribution in [0, 0.1) is 0 Å². The van der Waals surface area contributed by atoms with Crippen LogP contribution in [-0.2, 0) is 6.54 Å². The average Bonchev–Trinajstić information content (AvgIpc) is 2.46. The Balaban J connectivity index is 2.54. The van der Waals surface area contributed by atoms with E-state index in [9.17, 15) is 0 Å². The Morgan fingerprint density at radius 3 is 2.45 bits per heavy atom. The summed E-state index contributed by atoms with van der Waals surface area (Å²) >= 11 is 7.15. The van der Waals surface area contributed by atoms with Gasteiger partial charge in [-0.3, -0.25) is 0 Å². The number of nitrogens with zero attached hydrogens (tertiary/aromatic N) is 1. The molecule has 1 aromatic rings. The molecule has 126 valence electrons. The van der Waals surface area contributed by atoms with Gasteiger partial charge in [0.1, 0.15) is 5.75 Å². The molecule has 0 fully saturated rings. The zero-order valence-corrected chi connectivity index (χ0v) is 17.3. The van der Waals surface area contributed by atoms with Crippen molar-refractivity contribution in [3.05, 3.63) is 26.6 Å². The summed E-state index contributed by atoms with van der Waals surface area (Å²) in [4.78, 5) is 2.45. The predicted octanol–water partition coefficient (Wildman–Crippen LogP) is 4.82. The van der Waals surface area contributed by atoms with E-state index in [0.29, 0.717) is 0 Å². The van der Waals surface area contributed by atoms with Gasteiger partial charge in [-0.15, -0.1) is 0 Å². The highest BCUT2D eigenvalue weighted by molar-refractivity contribution is 9.11. The molecule has 3 nitrogen and oxygen atoms in total. The fourth-order valence-corrected chi connectivity index (χ4v) is 3.71. The molecule has 0 unspecified atom stereocenters. The first kappa shape index (κ1) is 19.9. The standard InChI is InChI=1S/C17H28Br2N2O/c1-5-21(6-2)9-7-8-20-12-14-10-15(18)11-16(19)17(14)22-13(3)4/h10-11,13,20H,5-9,12H2,1-4H3. The van der Waals surface area contributed by atoms with E-state index >= 15 is 0 Å². The van der Waals surface area contributed by atoms with Gasteiger partial charge in [0.05, 0.1) is 10.6 Å². The van der Waals surface area contributed by atoms with Crippen LogP contribution in [0.4, 0.5) is 0 Å². The second kappa shape index (κ2) is 10.6. The molecule has 0 radical (unpaired) electrons. The third-order valence-electron chi connectivity index (χ3n) is 3.48. The number of halogens is 2. The van der Waals surface area contributed by atoms with Crippen LogP contribution >= 0.6 is 31.9 Å². The maximum Gasteiger partial charge on any atom is 0.138 e. The van der Waals surface area contributed by atoms with Gasteiger partial charge in [-0.1, -0.05) is 29.8 Å². The van der Waals surface area contributed by atoms with Crippen molar-refractivity contribution in [3.8, 4) is 5.75 Å². The van der Waals surface area contributed by atoms with Gasteiger partial charge in [0.25, 0.3) is 0 Å². The van der Waals surface area contributed by atoms with Crippen molar-refractivity contribution < 1.29 is 4.74 Å². The highest BCUT2D eigenvalue weighted by atomic mass is 79.9. The van der Waals surface area contributed by atoms with Gasteiger partial charge in [-0.05, 0) is 74.5 Å². The molecule has 0 spiro atoms. The van der Waals surface area contributed by atoms with Crippen LogP contribution in [0.2, 0.25) is 0 Å². The Morgan fingerprint density at radius 1 is 1.18 bits per heavy atom. The highest BCUT2D eigenvalue weighted by Gasteiger charge is 2.11. The Hall–Kier alpha value is -0.100. The highest BCUT2D eigenvalue weighted by Crippen LogP contribution is 2.33. The molecule has 1 aromatic carbocycles. The van der Waals surface area contributed by atoms with Crippen molar-refractivity contribution in [2.45, 2.75) is 46.8 Å². The summed E-state index contributed by atoms with van der Waals surface area (Å²) in [5, 5.41) is 3.52. The zero-order valence-electron chi connectivity index (χ0n) is 14.1. The van der Waals surface area contributed by atoms with E-state index in [-0.39, 0.29) is 6.10 Å². The summed E-state index contributed by atoms with van der Waals surface area (Å²) in [5.74, 6) is 0.939. The number of nitrogens with one attached hydrogen (secondary N) is 1. The number of benzene rings is 1. The molecule has 0 amide bonds. The molecule has 0 bridgehead atoms. The monoisotopic (exact) mass is 434 g/mol. The molecule has 22 heavy (non-hydrogen) atoms. The van der Waals surface area contributed by atoms with Crippen molar-refractivity contribution in [2.75, 3.05) is 26.2 Å². The van der Waals surface area contributed by atoms with Crippen molar-refractivity contribution in [3.63, 3.8) is 0 Å². The van der Waals surface area contributed by atoms with E-state index in [4.69, 9.17) is 4.74 Å². The van der Waals surface area contributed by atoms with Gasteiger partial charge in [-0.2, -0.15) is 0 Å². The lowest BCUT2D eigenvalue weighted by Gasteiger charge is -2.19. The normalized spacial score (nSPS) is 11.5. The van der Waals surface area contributed by atoms with Crippen molar-refractivity contribution in [2.24, 2.45) is 0 Å². The summed E-state index contributed by atoms with van der Waals surface area (Å²) < 4.78 is 8.01. The SMILES string of the molecule is CCN(CC)CCCNCc1cc(Br)cc(Br)c1OC(C)C. The molecule has 0 aromatic heterocycles. The first-order valence-electron chi connectivity index (χ1n) is 8.05. The summed E-state index contributed by atoms with van der Waals surface area (Å²) in [6.07, 6.45) is 1.33. The molecule has 0 aliphatic carbocycles. The summed E-state index contributed by atoms with van der Waals surface area (Å²) in [6.45, 7) is 13.8. The van der Waals surface area contributed by atoms with Gasteiger partial charge in [-0.25, -0.2) is 0 Å². The van der Waals surface area contributed by atoms with Crippen LogP contribution in [0.1, 0.15) is 39.7 Å². The summed E-state index contributed by atoms with van der Waals surface area (Å²) in [7, 11) is 0. The Labute approximate surface area is 152 Å². The molecule has 0 aliphatic heterocycles. The third kappa shape index (κ3) is 6.99. The minimum absolute atomic E-state index is 0.166. The lowest BCUT2D eigenvalue weighted by Crippen LogP contribution is -2.27. The average molecular weight is 436 g/mol. The fourth-order valence-electron chi connectivity index (χ4n) is 2.30. The van der Waals surface area contributed by atoms with Gasteiger partial charge in [0.2, 0.25) is 0 Å². The Kier molecular flexibility index (Phi) is 9.64. The molecule has 0 atom stereocenters. The second-order valence-corrected chi connectivity index (χ2v) is 7.37. The smallest absolute Gasteiger partial charge is 0.138 e. The molecule has 0 saturated heterocycles. The van der Waals surface area contributed by atoms with E-state index in [0.717, 1.165) is 53.8 Å². The molecule has 5 heteroatoms. The van der Waals surface area contributed by atoms with Gasteiger partial charge in [0, 0.05) is 16.6 Å². The number of ether oxygens (including phenoxy) is 1. The molecule has 0 heterocycles. The Bertz CT molecular complexity index is 449. The second-order valence-electron chi connectivity index (χ2n) is 5.60.